The Hall–Kier alpha value is -1.84. The van der Waals surface area contributed by atoms with E-state index in [0.717, 1.165) is 11.8 Å². The Morgan fingerprint density at radius 3 is 2.77 bits per heavy atom. The smallest absolute Gasteiger partial charge is 0.244 e. The Bertz CT molecular complexity index is 746. The number of likely N-dealkylation sites (tertiary alicyclic amines) is 1. The van der Waals surface area contributed by atoms with Gasteiger partial charge in [0, 0.05) is 30.5 Å². The fourth-order valence-corrected chi connectivity index (χ4v) is 3.44. The number of sulfonamides is 1. The van der Waals surface area contributed by atoms with Gasteiger partial charge in [-0.1, -0.05) is 5.16 Å². The molecule has 2 aromatic rings. The van der Waals surface area contributed by atoms with Gasteiger partial charge in [0.25, 0.3) is 0 Å². The first-order valence-electron chi connectivity index (χ1n) is 6.84. The summed E-state index contributed by atoms with van der Waals surface area (Å²) in [5, 5.41) is 3.99. The molecule has 0 saturated carbocycles. The number of aromatic nitrogens is 3. The maximum Gasteiger partial charge on any atom is 0.244 e. The van der Waals surface area contributed by atoms with Crippen LogP contribution < -0.4 is 4.72 Å². The number of pyridine rings is 1. The van der Waals surface area contributed by atoms with E-state index in [-0.39, 0.29) is 12.1 Å². The molecule has 3 heterocycles. The van der Waals surface area contributed by atoms with Crippen LogP contribution in [0.5, 0.6) is 0 Å². The van der Waals surface area contributed by atoms with Gasteiger partial charge < -0.3 is 4.52 Å². The molecule has 0 amide bonds. The SMILES string of the molecule is CN1CC(NS(C)(=O)=O)CC1c1nc(-c2ccncc2)no1. The summed E-state index contributed by atoms with van der Waals surface area (Å²) in [6.07, 6.45) is 5.09. The van der Waals surface area contributed by atoms with E-state index in [1.165, 1.54) is 0 Å². The predicted molar refractivity (Wildman–Crippen MR) is 79.3 cm³/mol. The molecule has 8 nitrogen and oxygen atoms in total. The van der Waals surface area contributed by atoms with Crippen LogP contribution in [-0.2, 0) is 10.0 Å². The van der Waals surface area contributed by atoms with Crippen molar-refractivity contribution in [2.45, 2.75) is 18.5 Å². The van der Waals surface area contributed by atoms with Crippen molar-refractivity contribution >= 4 is 10.0 Å². The van der Waals surface area contributed by atoms with Crippen LogP contribution >= 0.6 is 0 Å². The largest absolute Gasteiger partial charge is 0.337 e. The van der Waals surface area contributed by atoms with E-state index in [1.807, 2.05) is 11.9 Å². The molecule has 22 heavy (non-hydrogen) atoms. The molecule has 0 aromatic carbocycles. The van der Waals surface area contributed by atoms with Crippen molar-refractivity contribution in [2.75, 3.05) is 19.8 Å². The summed E-state index contributed by atoms with van der Waals surface area (Å²) >= 11 is 0. The van der Waals surface area contributed by atoms with Crippen LogP contribution in [0.25, 0.3) is 11.4 Å². The quantitative estimate of drug-likeness (QED) is 0.870. The molecule has 3 rings (SSSR count). The van der Waals surface area contributed by atoms with Gasteiger partial charge in [0.2, 0.25) is 21.7 Å². The first-order chi connectivity index (χ1) is 10.4. The lowest BCUT2D eigenvalue weighted by atomic mass is 10.2. The van der Waals surface area contributed by atoms with Crippen LogP contribution in [0.2, 0.25) is 0 Å². The summed E-state index contributed by atoms with van der Waals surface area (Å²) in [5.74, 6) is 0.998. The topological polar surface area (TPSA) is 101 Å². The molecule has 1 aliphatic heterocycles. The molecule has 0 aliphatic carbocycles. The van der Waals surface area contributed by atoms with E-state index in [0.29, 0.717) is 24.7 Å². The van der Waals surface area contributed by atoms with Crippen LogP contribution in [0.1, 0.15) is 18.4 Å². The van der Waals surface area contributed by atoms with Gasteiger partial charge in [-0.3, -0.25) is 9.88 Å². The summed E-state index contributed by atoms with van der Waals surface area (Å²) < 4.78 is 30.6. The van der Waals surface area contributed by atoms with Crippen LogP contribution in [-0.4, -0.2) is 54.3 Å². The Balaban J connectivity index is 1.76. The Kier molecular flexibility index (Phi) is 3.94. The maximum atomic E-state index is 11.3. The number of nitrogens with zero attached hydrogens (tertiary/aromatic N) is 4. The second-order valence-corrected chi connectivity index (χ2v) is 7.25. The average molecular weight is 323 g/mol. The van der Waals surface area contributed by atoms with E-state index < -0.39 is 10.0 Å². The zero-order chi connectivity index (χ0) is 15.7. The van der Waals surface area contributed by atoms with Crippen molar-refractivity contribution in [2.24, 2.45) is 0 Å². The van der Waals surface area contributed by atoms with E-state index in [2.05, 4.69) is 19.8 Å². The average Bonchev–Trinajstić information content (AvgIpc) is 3.05. The molecule has 1 N–H and O–H groups in total. The molecule has 0 radical (unpaired) electrons. The molecule has 0 bridgehead atoms. The number of likely N-dealkylation sites (N-methyl/N-ethyl adjacent to an activating group) is 1. The van der Waals surface area contributed by atoms with Crippen molar-refractivity contribution in [1.82, 2.24) is 24.7 Å². The zero-order valence-corrected chi connectivity index (χ0v) is 13.1. The summed E-state index contributed by atoms with van der Waals surface area (Å²) in [7, 11) is -1.32. The highest BCUT2D eigenvalue weighted by Crippen LogP contribution is 2.30. The first kappa shape index (κ1) is 15.1. The normalized spacial score (nSPS) is 23.0. The minimum Gasteiger partial charge on any atom is -0.337 e. The molecule has 2 unspecified atom stereocenters. The van der Waals surface area contributed by atoms with Gasteiger partial charge >= 0.3 is 0 Å². The van der Waals surface area contributed by atoms with Crippen LogP contribution in [0.4, 0.5) is 0 Å². The molecule has 1 saturated heterocycles. The van der Waals surface area contributed by atoms with Crippen LogP contribution in [0.15, 0.2) is 29.0 Å². The lowest BCUT2D eigenvalue weighted by molar-refractivity contribution is 0.244. The van der Waals surface area contributed by atoms with Gasteiger partial charge in [0.15, 0.2) is 0 Å². The molecule has 118 valence electrons. The fourth-order valence-electron chi connectivity index (χ4n) is 2.67. The summed E-state index contributed by atoms with van der Waals surface area (Å²) in [4.78, 5) is 10.4. The van der Waals surface area contributed by atoms with Crippen molar-refractivity contribution in [3.05, 3.63) is 30.4 Å². The highest BCUT2D eigenvalue weighted by molar-refractivity contribution is 7.88. The summed E-state index contributed by atoms with van der Waals surface area (Å²) in [6.45, 7) is 0.602. The van der Waals surface area contributed by atoms with Gasteiger partial charge in [-0.25, -0.2) is 13.1 Å². The second kappa shape index (κ2) is 5.75. The van der Waals surface area contributed by atoms with Gasteiger partial charge in [-0.2, -0.15) is 4.98 Å². The molecular formula is C13H17N5O3S. The van der Waals surface area contributed by atoms with Gasteiger partial charge in [-0.05, 0) is 25.6 Å². The third-order valence-electron chi connectivity index (χ3n) is 3.59. The zero-order valence-electron chi connectivity index (χ0n) is 12.3. The van der Waals surface area contributed by atoms with E-state index in [9.17, 15) is 8.42 Å². The molecule has 1 fully saturated rings. The van der Waals surface area contributed by atoms with Gasteiger partial charge in [0.1, 0.15) is 0 Å². The van der Waals surface area contributed by atoms with Crippen molar-refractivity contribution in [1.29, 1.82) is 0 Å². The lowest BCUT2D eigenvalue weighted by Gasteiger charge is -2.13. The minimum absolute atomic E-state index is 0.0951. The highest BCUT2D eigenvalue weighted by Gasteiger charge is 2.35. The molecule has 9 heteroatoms. The summed E-state index contributed by atoms with van der Waals surface area (Å²) in [5.41, 5.74) is 0.830. The van der Waals surface area contributed by atoms with Crippen molar-refractivity contribution in [3.63, 3.8) is 0 Å². The molecular weight excluding hydrogens is 306 g/mol. The van der Waals surface area contributed by atoms with Crippen LogP contribution in [0.3, 0.4) is 0 Å². The van der Waals surface area contributed by atoms with E-state index >= 15 is 0 Å². The number of hydrogen-bond acceptors (Lipinski definition) is 7. The lowest BCUT2D eigenvalue weighted by Crippen LogP contribution is -2.35. The first-order valence-corrected chi connectivity index (χ1v) is 8.73. The molecule has 2 aromatic heterocycles. The van der Waals surface area contributed by atoms with Crippen molar-refractivity contribution in [3.8, 4) is 11.4 Å². The predicted octanol–water partition coefficient (Wildman–Crippen LogP) is 0.426. The molecule has 1 aliphatic rings. The van der Waals surface area contributed by atoms with Gasteiger partial charge in [-0.15, -0.1) is 0 Å². The monoisotopic (exact) mass is 323 g/mol. The Morgan fingerprint density at radius 1 is 1.36 bits per heavy atom. The molecule has 0 spiro atoms. The summed E-state index contributed by atoms with van der Waals surface area (Å²) in [6, 6.07) is 3.37. The fraction of sp³-hybridized carbons (Fsp3) is 0.462. The minimum atomic E-state index is -3.22. The second-order valence-electron chi connectivity index (χ2n) is 5.47. The number of rotatable bonds is 4. The Morgan fingerprint density at radius 2 is 2.09 bits per heavy atom. The standard InChI is InChI=1S/C13H17N5O3S/c1-18-8-10(17-22(2,19)20)7-11(18)13-15-12(16-21-13)9-3-5-14-6-4-9/h3-6,10-11,17H,7-8H2,1-2H3. The Labute approximate surface area is 128 Å². The van der Waals surface area contributed by atoms with Crippen LogP contribution in [0, 0.1) is 0 Å². The third kappa shape index (κ3) is 3.32. The number of nitrogens with one attached hydrogen (secondary N) is 1. The number of hydrogen-bond donors (Lipinski definition) is 1. The molecule has 2 atom stereocenters. The maximum absolute atomic E-state index is 11.3. The van der Waals surface area contributed by atoms with Crippen molar-refractivity contribution < 1.29 is 12.9 Å². The highest BCUT2D eigenvalue weighted by atomic mass is 32.2. The van der Waals surface area contributed by atoms with Gasteiger partial charge in [0.05, 0.1) is 12.3 Å². The van der Waals surface area contributed by atoms with E-state index in [1.54, 1.807) is 24.5 Å². The third-order valence-corrected chi connectivity index (χ3v) is 4.36. The van der Waals surface area contributed by atoms with E-state index in [4.69, 9.17) is 4.52 Å².